The van der Waals surface area contributed by atoms with E-state index in [1.54, 1.807) is 18.2 Å². The van der Waals surface area contributed by atoms with E-state index in [2.05, 4.69) is 0 Å². The summed E-state index contributed by atoms with van der Waals surface area (Å²) in [7, 11) is -2.36. The van der Waals surface area contributed by atoms with E-state index in [0.717, 1.165) is 4.31 Å². The quantitative estimate of drug-likeness (QED) is 0.901. The second-order valence-electron chi connectivity index (χ2n) is 4.42. The largest absolute Gasteiger partial charge is 0.468 e. The zero-order chi connectivity index (χ0) is 15.6. The van der Waals surface area contributed by atoms with Gasteiger partial charge in [-0.05, 0) is 29.8 Å². The molecule has 2 aromatic rings. The molecule has 2 N–H and O–H groups in total. The molecule has 0 aliphatic heterocycles. The third-order valence-corrected chi connectivity index (χ3v) is 5.55. The van der Waals surface area contributed by atoms with Gasteiger partial charge in [0.1, 0.15) is 10.7 Å². The molecule has 0 spiro atoms. The normalized spacial score (nSPS) is 12.0. The molecule has 0 atom stereocenters. The predicted molar refractivity (Wildman–Crippen MR) is 81.7 cm³/mol. The van der Waals surface area contributed by atoms with E-state index in [-0.39, 0.29) is 28.0 Å². The molecule has 8 heteroatoms. The van der Waals surface area contributed by atoms with Gasteiger partial charge < -0.3 is 10.2 Å². The lowest BCUT2D eigenvalue weighted by Gasteiger charge is -2.18. The summed E-state index contributed by atoms with van der Waals surface area (Å²) in [5, 5.41) is 0.359. The molecular formula is C13H14Cl2N2O3S. The summed E-state index contributed by atoms with van der Waals surface area (Å²) in [5.74, 6) is 0.526. The Morgan fingerprint density at radius 1 is 1.33 bits per heavy atom. The van der Waals surface area contributed by atoms with Crippen molar-refractivity contribution in [1.29, 1.82) is 0 Å². The lowest BCUT2D eigenvalue weighted by atomic mass is 10.2. The molecule has 0 unspecified atom stereocenters. The van der Waals surface area contributed by atoms with Crippen molar-refractivity contribution in [3.8, 4) is 0 Å². The summed E-state index contributed by atoms with van der Waals surface area (Å²) < 4.78 is 31.5. The van der Waals surface area contributed by atoms with E-state index < -0.39 is 10.0 Å². The highest BCUT2D eigenvalue weighted by atomic mass is 35.5. The van der Waals surface area contributed by atoms with Crippen LogP contribution in [0.15, 0.2) is 39.8 Å². The van der Waals surface area contributed by atoms with Crippen LogP contribution in [0, 0.1) is 0 Å². The van der Waals surface area contributed by atoms with Gasteiger partial charge >= 0.3 is 0 Å². The summed E-state index contributed by atoms with van der Waals surface area (Å²) in [6, 6.07) is 6.25. The lowest BCUT2D eigenvalue weighted by Crippen LogP contribution is -2.27. The highest BCUT2D eigenvalue weighted by Crippen LogP contribution is 2.31. The highest BCUT2D eigenvalue weighted by molar-refractivity contribution is 7.89. The Hall–Kier alpha value is -1.05. The molecule has 2 rings (SSSR count). The number of nitrogens with zero attached hydrogens (tertiary/aromatic N) is 1. The first kappa shape index (κ1) is 16.3. The van der Waals surface area contributed by atoms with Gasteiger partial charge in [-0.15, -0.1) is 0 Å². The average molecular weight is 349 g/mol. The fourth-order valence-electron chi connectivity index (χ4n) is 1.83. The van der Waals surface area contributed by atoms with Gasteiger partial charge in [0.05, 0.1) is 17.8 Å². The number of sulfonamides is 1. The Morgan fingerprint density at radius 3 is 2.62 bits per heavy atom. The van der Waals surface area contributed by atoms with Crippen LogP contribution in [0.2, 0.25) is 10.0 Å². The zero-order valence-corrected chi connectivity index (χ0v) is 13.5. The zero-order valence-electron chi connectivity index (χ0n) is 11.2. The van der Waals surface area contributed by atoms with Gasteiger partial charge in [0, 0.05) is 18.6 Å². The van der Waals surface area contributed by atoms with Crippen LogP contribution in [0.3, 0.4) is 0 Å². The molecule has 0 saturated carbocycles. The maximum absolute atomic E-state index is 12.6. The van der Waals surface area contributed by atoms with Crippen LogP contribution in [0.1, 0.15) is 11.3 Å². The molecule has 0 saturated heterocycles. The topological polar surface area (TPSA) is 76.5 Å². The maximum atomic E-state index is 12.6. The van der Waals surface area contributed by atoms with Crippen molar-refractivity contribution in [3.05, 3.63) is 51.9 Å². The van der Waals surface area contributed by atoms with Crippen molar-refractivity contribution < 1.29 is 12.8 Å². The Balaban J connectivity index is 2.41. The monoisotopic (exact) mass is 348 g/mol. The number of hydrogen-bond donors (Lipinski definition) is 1. The second-order valence-corrected chi connectivity index (χ2v) is 7.25. The van der Waals surface area contributed by atoms with E-state index in [4.69, 9.17) is 33.4 Å². The molecule has 0 bridgehead atoms. The molecule has 0 fully saturated rings. The van der Waals surface area contributed by atoms with Crippen LogP contribution < -0.4 is 5.73 Å². The molecular weight excluding hydrogens is 335 g/mol. The molecule has 0 amide bonds. The Bertz CT molecular complexity index is 730. The predicted octanol–water partition coefficient (Wildman–Crippen LogP) is 2.87. The van der Waals surface area contributed by atoms with Gasteiger partial charge in [0.2, 0.25) is 10.0 Å². The van der Waals surface area contributed by atoms with Crippen molar-refractivity contribution >= 4 is 33.2 Å². The van der Waals surface area contributed by atoms with Gasteiger partial charge in [-0.25, -0.2) is 8.42 Å². The number of benzene rings is 1. The van der Waals surface area contributed by atoms with Crippen molar-refractivity contribution in [2.45, 2.75) is 18.0 Å². The third-order valence-electron chi connectivity index (χ3n) is 2.95. The molecule has 5 nitrogen and oxygen atoms in total. The van der Waals surface area contributed by atoms with Crippen molar-refractivity contribution in [3.63, 3.8) is 0 Å². The molecule has 0 aliphatic carbocycles. The van der Waals surface area contributed by atoms with Gasteiger partial charge in [-0.2, -0.15) is 4.31 Å². The fourth-order valence-corrected chi connectivity index (χ4v) is 3.88. The molecule has 0 radical (unpaired) electrons. The van der Waals surface area contributed by atoms with E-state index in [0.29, 0.717) is 11.3 Å². The molecule has 1 aromatic carbocycles. The summed E-state index contributed by atoms with van der Waals surface area (Å²) in [5.41, 5.74) is 6.03. The molecule has 0 aliphatic rings. The van der Waals surface area contributed by atoms with Crippen LogP contribution in [-0.2, 0) is 23.1 Å². The molecule has 21 heavy (non-hydrogen) atoms. The van der Waals surface area contributed by atoms with Crippen LogP contribution in [0.4, 0.5) is 0 Å². The van der Waals surface area contributed by atoms with Crippen molar-refractivity contribution in [2.75, 3.05) is 7.05 Å². The average Bonchev–Trinajstić information content (AvgIpc) is 2.93. The number of rotatable bonds is 5. The minimum absolute atomic E-state index is 0.0637. The van der Waals surface area contributed by atoms with E-state index in [1.807, 2.05) is 0 Å². The van der Waals surface area contributed by atoms with Gasteiger partial charge in [-0.1, -0.05) is 23.2 Å². The second kappa shape index (κ2) is 6.37. The van der Waals surface area contributed by atoms with Gasteiger partial charge in [-0.3, -0.25) is 0 Å². The van der Waals surface area contributed by atoms with Crippen molar-refractivity contribution in [1.82, 2.24) is 4.31 Å². The SMILES string of the molecule is CN(Cc1ccco1)S(=O)(=O)c1cc(Cl)cc(CN)c1Cl. The van der Waals surface area contributed by atoms with Gasteiger partial charge in [0.25, 0.3) is 0 Å². The van der Waals surface area contributed by atoms with Crippen molar-refractivity contribution in [2.24, 2.45) is 5.73 Å². The molecule has 1 aromatic heterocycles. The number of nitrogens with two attached hydrogens (primary N) is 1. The highest BCUT2D eigenvalue weighted by Gasteiger charge is 2.26. The van der Waals surface area contributed by atoms with Gasteiger partial charge in [0.15, 0.2) is 0 Å². The molecule has 1 heterocycles. The maximum Gasteiger partial charge on any atom is 0.244 e. The number of halogens is 2. The number of furan rings is 1. The fraction of sp³-hybridized carbons (Fsp3) is 0.231. The summed E-state index contributed by atoms with van der Waals surface area (Å²) in [6.07, 6.45) is 1.48. The number of hydrogen-bond acceptors (Lipinski definition) is 4. The molecule has 114 valence electrons. The van der Waals surface area contributed by atoms with Crippen LogP contribution in [0.25, 0.3) is 0 Å². The Morgan fingerprint density at radius 2 is 2.05 bits per heavy atom. The first-order valence-corrected chi connectivity index (χ1v) is 8.22. The standard InChI is InChI=1S/C13H14Cl2N2O3S/c1-17(8-11-3-2-4-20-11)21(18,19)12-6-10(14)5-9(7-16)13(12)15/h2-6H,7-8,16H2,1H3. The smallest absolute Gasteiger partial charge is 0.244 e. The minimum Gasteiger partial charge on any atom is -0.468 e. The summed E-state index contributed by atoms with van der Waals surface area (Å²) in [6.45, 7) is 0.194. The van der Waals surface area contributed by atoms with Crippen LogP contribution in [-0.4, -0.2) is 19.8 Å². The Kier molecular flexibility index (Phi) is 4.95. The Labute approximate surface area is 133 Å². The summed E-state index contributed by atoms with van der Waals surface area (Å²) in [4.78, 5) is -0.0637. The first-order valence-electron chi connectivity index (χ1n) is 6.03. The first-order chi connectivity index (χ1) is 9.86. The third kappa shape index (κ3) is 3.41. The lowest BCUT2D eigenvalue weighted by molar-refractivity contribution is 0.406. The van der Waals surface area contributed by atoms with E-state index >= 15 is 0 Å². The summed E-state index contributed by atoms with van der Waals surface area (Å²) >= 11 is 12.1. The van der Waals surface area contributed by atoms with E-state index in [1.165, 1.54) is 19.4 Å². The van der Waals surface area contributed by atoms with E-state index in [9.17, 15) is 8.42 Å². The van der Waals surface area contributed by atoms with Crippen LogP contribution >= 0.6 is 23.2 Å². The van der Waals surface area contributed by atoms with Crippen LogP contribution in [0.5, 0.6) is 0 Å². The minimum atomic E-state index is -3.80.